The summed E-state index contributed by atoms with van der Waals surface area (Å²) >= 11 is 0. The minimum atomic E-state index is -0.256. The van der Waals surface area contributed by atoms with E-state index in [2.05, 4.69) is 25.8 Å². The maximum atomic E-state index is 13.0. The number of fused-ring (bicyclic) bond motifs is 1. The smallest absolute Gasteiger partial charge is 0.261 e. The molecule has 9 heteroatoms. The molecule has 5 rings (SSSR count). The van der Waals surface area contributed by atoms with E-state index in [1.807, 2.05) is 49.8 Å². The first-order chi connectivity index (χ1) is 15.2. The van der Waals surface area contributed by atoms with Crippen LogP contribution in [0.3, 0.4) is 0 Å². The van der Waals surface area contributed by atoms with E-state index in [0.29, 0.717) is 22.9 Å². The van der Waals surface area contributed by atoms with E-state index in [9.17, 15) is 4.79 Å². The van der Waals surface area contributed by atoms with E-state index in [1.165, 1.54) is 0 Å². The van der Waals surface area contributed by atoms with Crippen molar-refractivity contribution in [3.63, 3.8) is 0 Å². The number of rotatable bonds is 5. The lowest BCUT2D eigenvalue weighted by molar-refractivity contribution is 0.0904. The third-order valence-electron chi connectivity index (χ3n) is 5.35. The molecule has 3 aromatic heterocycles. The van der Waals surface area contributed by atoms with Gasteiger partial charge in [-0.15, -0.1) is 0 Å². The first-order valence-electron chi connectivity index (χ1n) is 10.2. The van der Waals surface area contributed by atoms with Crippen molar-refractivity contribution in [3.05, 3.63) is 60.7 Å². The predicted molar refractivity (Wildman–Crippen MR) is 117 cm³/mol. The second-order valence-corrected chi connectivity index (χ2v) is 7.61. The SMILES string of the molecule is Cn1cc(-c2cccc(NC(=O)c3cnn4ccc(NC5CCOCC5)nc34)c2)cn1. The Bertz CT molecular complexity index is 1220. The summed E-state index contributed by atoms with van der Waals surface area (Å²) in [5, 5.41) is 14.9. The number of aryl methyl sites for hydroxylation is 1. The standard InChI is InChI=1S/C22H23N7O2/c1-28-14-16(12-23-28)15-3-2-4-18(11-15)26-22(30)19-13-24-29-8-5-20(27-21(19)29)25-17-6-9-31-10-7-17/h2-5,8,11-14,17H,6-7,9-10H2,1H3,(H,25,27)(H,26,30). The average molecular weight is 417 g/mol. The van der Waals surface area contributed by atoms with Gasteiger partial charge in [0.1, 0.15) is 11.4 Å². The van der Waals surface area contributed by atoms with Crippen molar-refractivity contribution in [2.45, 2.75) is 18.9 Å². The number of carbonyl (C=O) groups is 1. The summed E-state index contributed by atoms with van der Waals surface area (Å²) in [7, 11) is 1.87. The van der Waals surface area contributed by atoms with Crippen molar-refractivity contribution in [2.24, 2.45) is 7.05 Å². The topological polar surface area (TPSA) is 98.4 Å². The molecule has 4 heterocycles. The van der Waals surface area contributed by atoms with Gasteiger partial charge in [0.05, 0.1) is 12.4 Å². The van der Waals surface area contributed by atoms with Gasteiger partial charge in [-0.1, -0.05) is 12.1 Å². The molecule has 0 atom stereocenters. The highest BCUT2D eigenvalue weighted by atomic mass is 16.5. The molecule has 0 aliphatic carbocycles. The molecule has 158 valence electrons. The Kier molecular flexibility index (Phi) is 5.09. The van der Waals surface area contributed by atoms with Crippen LogP contribution in [0.1, 0.15) is 23.2 Å². The zero-order chi connectivity index (χ0) is 21.2. The molecule has 1 fully saturated rings. The van der Waals surface area contributed by atoms with Crippen LogP contribution in [0.4, 0.5) is 11.5 Å². The minimum absolute atomic E-state index is 0.256. The van der Waals surface area contributed by atoms with Crippen LogP contribution in [0.15, 0.2) is 55.1 Å². The molecule has 0 radical (unpaired) electrons. The summed E-state index contributed by atoms with van der Waals surface area (Å²) in [5.41, 5.74) is 3.59. The van der Waals surface area contributed by atoms with Crippen LogP contribution >= 0.6 is 0 Å². The Labute approximate surface area is 179 Å². The summed E-state index contributed by atoms with van der Waals surface area (Å²) in [6.07, 6.45) is 8.95. The molecular weight excluding hydrogens is 394 g/mol. The number of nitrogens with one attached hydrogen (secondary N) is 2. The highest BCUT2D eigenvalue weighted by Gasteiger charge is 2.17. The number of amides is 1. The predicted octanol–water partition coefficient (Wildman–Crippen LogP) is 2.97. The first kappa shape index (κ1) is 19.3. The average Bonchev–Trinajstić information content (AvgIpc) is 3.41. The minimum Gasteiger partial charge on any atom is -0.381 e. The molecule has 1 aliphatic heterocycles. The molecule has 1 aromatic carbocycles. The maximum absolute atomic E-state index is 13.0. The summed E-state index contributed by atoms with van der Waals surface area (Å²) in [6, 6.07) is 9.86. The first-order valence-corrected chi connectivity index (χ1v) is 10.2. The second-order valence-electron chi connectivity index (χ2n) is 7.61. The van der Waals surface area contributed by atoms with E-state index in [-0.39, 0.29) is 5.91 Å². The highest BCUT2D eigenvalue weighted by molar-refractivity contribution is 6.08. The molecule has 2 N–H and O–H groups in total. The molecule has 0 unspecified atom stereocenters. The number of anilines is 2. The van der Waals surface area contributed by atoms with Crippen LogP contribution in [0.2, 0.25) is 0 Å². The van der Waals surface area contributed by atoms with Crippen molar-refractivity contribution >= 4 is 23.1 Å². The number of ether oxygens (including phenoxy) is 1. The Balaban J connectivity index is 1.36. The molecule has 1 aliphatic rings. The quantitative estimate of drug-likeness (QED) is 0.518. The van der Waals surface area contributed by atoms with Crippen molar-refractivity contribution in [1.29, 1.82) is 0 Å². The molecule has 1 amide bonds. The van der Waals surface area contributed by atoms with Gasteiger partial charge in [-0.3, -0.25) is 9.48 Å². The Morgan fingerprint density at radius 3 is 2.81 bits per heavy atom. The Hall–Kier alpha value is -3.72. The fourth-order valence-electron chi connectivity index (χ4n) is 3.71. The van der Waals surface area contributed by atoms with Gasteiger partial charge in [0.2, 0.25) is 0 Å². The van der Waals surface area contributed by atoms with Gasteiger partial charge >= 0.3 is 0 Å². The van der Waals surface area contributed by atoms with E-state index in [1.54, 1.807) is 21.6 Å². The third kappa shape index (κ3) is 4.13. The van der Waals surface area contributed by atoms with Crippen LogP contribution in [-0.2, 0) is 11.8 Å². The highest BCUT2D eigenvalue weighted by Crippen LogP contribution is 2.23. The number of carbonyl (C=O) groups excluding carboxylic acids is 1. The van der Waals surface area contributed by atoms with E-state index in [4.69, 9.17) is 4.74 Å². The number of hydrogen-bond acceptors (Lipinski definition) is 6. The van der Waals surface area contributed by atoms with E-state index < -0.39 is 0 Å². The van der Waals surface area contributed by atoms with Crippen LogP contribution < -0.4 is 10.6 Å². The van der Waals surface area contributed by atoms with Crippen molar-refractivity contribution < 1.29 is 9.53 Å². The fourth-order valence-corrected chi connectivity index (χ4v) is 3.71. The molecular formula is C22H23N7O2. The Morgan fingerprint density at radius 1 is 1.13 bits per heavy atom. The van der Waals surface area contributed by atoms with Gasteiger partial charge in [-0.25, -0.2) is 9.50 Å². The van der Waals surface area contributed by atoms with Gasteiger partial charge in [-0.2, -0.15) is 10.2 Å². The molecule has 31 heavy (non-hydrogen) atoms. The lowest BCUT2D eigenvalue weighted by Gasteiger charge is -2.23. The fraction of sp³-hybridized carbons (Fsp3) is 0.273. The van der Waals surface area contributed by atoms with Gasteiger partial charge in [0.25, 0.3) is 5.91 Å². The van der Waals surface area contributed by atoms with Crippen molar-refractivity contribution in [2.75, 3.05) is 23.8 Å². The summed E-state index contributed by atoms with van der Waals surface area (Å²) in [4.78, 5) is 17.6. The second kappa shape index (κ2) is 8.19. The van der Waals surface area contributed by atoms with Gasteiger partial charge in [-0.05, 0) is 36.6 Å². The number of nitrogens with zero attached hydrogens (tertiary/aromatic N) is 5. The van der Waals surface area contributed by atoms with Gasteiger partial charge in [0.15, 0.2) is 5.65 Å². The van der Waals surface area contributed by atoms with Gasteiger partial charge in [0, 0.05) is 49.9 Å². The zero-order valence-electron chi connectivity index (χ0n) is 17.2. The molecule has 1 saturated heterocycles. The molecule has 0 bridgehead atoms. The van der Waals surface area contributed by atoms with Crippen LogP contribution in [0.25, 0.3) is 16.8 Å². The van der Waals surface area contributed by atoms with E-state index >= 15 is 0 Å². The number of hydrogen-bond donors (Lipinski definition) is 2. The molecule has 4 aromatic rings. The largest absolute Gasteiger partial charge is 0.381 e. The normalized spacial score (nSPS) is 14.6. The van der Waals surface area contributed by atoms with Crippen LogP contribution in [0.5, 0.6) is 0 Å². The maximum Gasteiger partial charge on any atom is 0.261 e. The lowest BCUT2D eigenvalue weighted by Crippen LogP contribution is -2.28. The van der Waals surface area contributed by atoms with Crippen molar-refractivity contribution in [1.82, 2.24) is 24.4 Å². The molecule has 0 spiro atoms. The van der Waals surface area contributed by atoms with E-state index in [0.717, 1.165) is 43.0 Å². The van der Waals surface area contributed by atoms with Crippen LogP contribution in [0, 0.1) is 0 Å². The zero-order valence-corrected chi connectivity index (χ0v) is 17.2. The summed E-state index contributed by atoms with van der Waals surface area (Å²) in [5.74, 6) is 0.474. The van der Waals surface area contributed by atoms with Gasteiger partial charge < -0.3 is 15.4 Å². The number of benzene rings is 1. The van der Waals surface area contributed by atoms with Crippen LogP contribution in [-0.4, -0.2) is 49.5 Å². The lowest BCUT2D eigenvalue weighted by atomic mass is 10.1. The monoisotopic (exact) mass is 417 g/mol. The van der Waals surface area contributed by atoms with Crippen molar-refractivity contribution in [3.8, 4) is 11.1 Å². The Morgan fingerprint density at radius 2 is 2.00 bits per heavy atom. The summed E-state index contributed by atoms with van der Waals surface area (Å²) in [6.45, 7) is 1.50. The molecule has 0 saturated carbocycles. The summed E-state index contributed by atoms with van der Waals surface area (Å²) < 4.78 is 8.76. The molecule has 9 nitrogen and oxygen atoms in total. The third-order valence-corrected chi connectivity index (χ3v) is 5.35. The number of aromatic nitrogens is 5.